The molecule has 6 nitrogen and oxygen atoms in total. The summed E-state index contributed by atoms with van der Waals surface area (Å²) in [7, 11) is 4.25. The predicted octanol–water partition coefficient (Wildman–Crippen LogP) is 1.07. The van der Waals surface area contributed by atoms with E-state index in [2.05, 4.69) is 24.4 Å². The first-order valence-electron chi connectivity index (χ1n) is 10.4. The SMILES string of the molecule is C[NH+](C)CCCn1c2c(c(SCC(=O)NCc3ccccc3)nc1=O)CCCC2. The van der Waals surface area contributed by atoms with Crippen molar-refractivity contribution in [3.05, 3.63) is 57.6 Å². The predicted molar refractivity (Wildman–Crippen MR) is 116 cm³/mol. The Hall–Kier alpha value is -2.12. The third-order valence-corrected chi connectivity index (χ3v) is 6.20. The molecule has 2 N–H and O–H groups in total. The van der Waals surface area contributed by atoms with E-state index in [9.17, 15) is 9.59 Å². The first-order valence-corrected chi connectivity index (χ1v) is 11.4. The van der Waals surface area contributed by atoms with Crippen LogP contribution in [0.4, 0.5) is 0 Å². The number of amides is 1. The highest BCUT2D eigenvalue weighted by Crippen LogP contribution is 2.28. The van der Waals surface area contributed by atoms with Gasteiger partial charge >= 0.3 is 5.69 Å². The van der Waals surface area contributed by atoms with Crippen molar-refractivity contribution in [2.45, 2.75) is 50.2 Å². The summed E-state index contributed by atoms with van der Waals surface area (Å²) in [6, 6.07) is 9.86. The summed E-state index contributed by atoms with van der Waals surface area (Å²) in [5.41, 5.74) is 3.21. The van der Waals surface area contributed by atoms with E-state index >= 15 is 0 Å². The summed E-state index contributed by atoms with van der Waals surface area (Å²) < 4.78 is 1.87. The lowest BCUT2D eigenvalue weighted by molar-refractivity contribution is -0.858. The molecule has 1 heterocycles. The van der Waals surface area contributed by atoms with Crippen LogP contribution in [0.1, 0.15) is 36.1 Å². The number of quaternary nitrogens is 1. The Morgan fingerprint density at radius 1 is 1.21 bits per heavy atom. The van der Waals surface area contributed by atoms with Gasteiger partial charge in [-0.25, -0.2) is 4.79 Å². The highest BCUT2D eigenvalue weighted by Gasteiger charge is 2.21. The number of fused-ring (bicyclic) bond motifs is 1. The molecule has 1 amide bonds. The first-order chi connectivity index (χ1) is 14.0. The number of nitrogens with zero attached hydrogens (tertiary/aromatic N) is 2. The zero-order valence-electron chi connectivity index (χ0n) is 17.4. The van der Waals surface area contributed by atoms with E-state index in [4.69, 9.17) is 0 Å². The van der Waals surface area contributed by atoms with Crippen LogP contribution >= 0.6 is 11.8 Å². The van der Waals surface area contributed by atoms with E-state index in [1.54, 1.807) is 0 Å². The van der Waals surface area contributed by atoms with Crippen LogP contribution in [0.25, 0.3) is 0 Å². The fraction of sp³-hybridized carbons (Fsp3) is 0.500. The number of carbonyl (C=O) groups excluding carboxylic acids is 1. The van der Waals surface area contributed by atoms with Crippen molar-refractivity contribution in [2.24, 2.45) is 0 Å². The summed E-state index contributed by atoms with van der Waals surface area (Å²) in [6.45, 7) is 2.27. The summed E-state index contributed by atoms with van der Waals surface area (Å²) in [6.07, 6.45) is 5.05. The number of rotatable bonds is 9. The summed E-state index contributed by atoms with van der Waals surface area (Å²) in [5.74, 6) is 0.239. The molecule has 0 atom stereocenters. The van der Waals surface area contributed by atoms with Crippen molar-refractivity contribution in [1.29, 1.82) is 0 Å². The van der Waals surface area contributed by atoms with E-state index in [0.29, 0.717) is 6.54 Å². The highest BCUT2D eigenvalue weighted by molar-refractivity contribution is 7.99. The molecule has 0 unspecified atom stereocenters. The maximum Gasteiger partial charge on any atom is 0.348 e. The second-order valence-corrected chi connectivity index (χ2v) is 8.81. The molecule has 0 saturated heterocycles. The molecule has 1 aromatic carbocycles. The molecule has 3 rings (SSSR count). The molecule has 156 valence electrons. The number of aromatic nitrogens is 2. The van der Waals surface area contributed by atoms with Gasteiger partial charge in [-0.3, -0.25) is 9.36 Å². The summed E-state index contributed by atoms with van der Waals surface area (Å²) in [5, 5.41) is 3.69. The van der Waals surface area contributed by atoms with Gasteiger partial charge in [-0.1, -0.05) is 42.1 Å². The van der Waals surface area contributed by atoms with Gasteiger partial charge in [0.1, 0.15) is 5.03 Å². The molecular weight excluding hydrogens is 384 g/mol. The number of nitrogens with one attached hydrogen (secondary N) is 2. The van der Waals surface area contributed by atoms with E-state index in [1.165, 1.54) is 22.2 Å². The number of hydrogen-bond donors (Lipinski definition) is 2. The van der Waals surface area contributed by atoms with Crippen molar-refractivity contribution in [3.8, 4) is 0 Å². The highest BCUT2D eigenvalue weighted by atomic mass is 32.2. The summed E-state index contributed by atoms with van der Waals surface area (Å²) >= 11 is 1.39. The molecule has 29 heavy (non-hydrogen) atoms. The van der Waals surface area contributed by atoms with Crippen LogP contribution in [0.5, 0.6) is 0 Å². The van der Waals surface area contributed by atoms with Crippen molar-refractivity contribution in [2.75, 3.05) is 26.4 Å². The van der Waals surface area contributed by atoms with Crippen LogP contribution in [0.15, 0.2) is 40.2 Å². The molecule has 0 radical (unpaired) electrons. The van der Waals surface area contributed by atoms with E-state index < -0.39 is 0 Å². The Morgan fingerprint density at radius 2 is 1.97 bits per heavy atom. The Labute approximate surface area is 176 Å². The fourth-order valence-corrected chi connectivity index (χ4v) is 4.58. The van der Waals surface area contributed by atoms with E-state index in [-0.39, 0.29) is 17.3 Å². The number of hydrogen-bond acceptors (Lipinski definition) is 4. The van der Waals surface area contributed by atoms with Gasteiger partial charge in [0.2, 0.25) is 5.91 Å². The smallest absolute Gasteiger partial charge is 0.348 e. The third-order valence-electron chi connectivity index (χ3n) is 5.18. The van der Waals surface area contributed by atoms with Crippen molar-refractivity contribution < 1.29 is 9.69 Å². The van der Waals surface area contributed by atoms with Gasteiger partial charge in [-0.15, -0.1) is 0 Å². The van der Waals surface area contributed by atoms with Gasteiger partial charge in [-0.05, 0) is 31.2 Å². The molecule has 1 aliphatic rings. The Morgan fingerprint density at radius 3 is 2.72 bits per heavy atom. The molecule has 0 bridgehead atoms. The van der Waals surface area contributed by atoms with E-state index in [1.807, 2.05) is 34.9 Å². The molecule has 2 aromatic rings. The van der Waals surface area contributed by atoms with Crippen molar-refractivity contribution >= 4 is 17.7 Å². The molecule has 0 aliphatic heterocycles. The minimum absolute atomic E-state index is 0.0386. The zero-order valence-corrected chi connectivity index (χ0v) is 18.2. The first kappa shape index (κ1) is 21.6. The maximum absolute atomic E-state index is 12.7. The van der Waals surface area contributed by atoms with Crippen LogP contribution in [0, 0.1) is 0 Å². The second-order valence-electron chi connectivity index (χ2n) is 7.85. The standard InChI is InChI=1S/C22H30N4O2S/c1-25(2)13-8-14-26-19-12-7-6-11-18(19)21(24-22(26)28)29-16-20(27)23-15-17-9-4-3-5-10-17/h3-5,9-10H,6-8,11-16H2,1-2H3,(H,23,27)/p+1. The zero-order chi connectivity index (χ0) is 20.6. The van der Waals surface area contributed by atoms with Gasteiger partial charge in [-0.2, -0.15) is 4.98 Å². The van der Waals surface area contributed by atoms with Crippen molar-refractivity contribution in [3.63, 3.8) is 0 Å². The van der Waals surface area contributed by atoms with Crippen LogP contribution in [-0.2, 0) is 30.7 Å². The van der Waals surface area contributed by atoms with Crippen LogP contribution in [0.2, 0.25) is 0 Å². The Balaban J connectivity index is 1.65. The maximum atomic E-state index is 12.7. The monoisotopic (exact) mass is 415 g/mol. The van der Waals surface area contributed by atoms with Crippen LogP contribution < -0.4 is 15.9 Å². The number of benzene rings is 1. The Kier molecular flexibility index (Phi) is 7.89. The molecule has 7 heteroatoms. The number of thioether (sulfide) groups is 1. The largest absolute Gasteiger partial charge is 0.351 e. The Bertz CT molecular complexity index is 880. The minimum Gasteiger partial charge on any atom is -0.351 e. The van der Waals surface area contributed by atoms with Gasteiger partial charge in [0, 0.05) is 30.8 Å². The third kappa shape index (κ3) is 6.18. The topological polar surface area (TPSA) is 68.4 Å². The minimum atomic E-state index is -0.174. The van der Waals surface area contributed by atoms with E-state index in [0.717, 1.165) is 61.5 Å². The lowest BCUT2D eigenvalue weighted by Gasteiger charge is -2.22. The van der Waals surface area contributed by atoms with Gasteiger partial charge in [0.05, 0.1) is 26.4 Å². The molecule has 0 saturated carbocycles. The molecule has 1 aromatic heterocycles. The fourth-order valence-electron chi connectivity index (χ4n) is 3.67. The second kappa shape index (κ2) is 10.6. The molecule has 1 aliphatic carbocycles. The lowest BCUT2D eigenvalue weighted by atomic mass is 9.97. The van der Waals surface area contributed by atoms with Crippen molar-refractivity contribution in [1.82, 2.24) is 14.9 Å². The normalized spacial score (nSPS) is 13.3. The molecular formula is C22H31N4O2S+. The number of carbonyl (C=O) groups is 1. The molecule has 0 fully saturated rings. The average molecular weight is 416 g/mol. The van der Waals surface area contributed by atoms with Crippen LogP contribution in [-0.4, -0.2) is 41.9 Å². The van der Waals surface area contributed by atoms with Gasteiger partial charge in [0.15, 0.2) is 0 Å². The average Bonchev–Trinajstić information content (AvgIpc) is 2.73. The molecule has 0 spiro atoms. The van der Waals surface area contributed by atoms with Gasteiger partial charge < -0.3 is 10.2 Å². The van der Waals surface area contributed by atoms with Gasteiger partial charge in [0.25, 0.3) is 0 Å². The summed E-state index contributed by atoms with van der Waals surface area (Å²) in [4.78, 5) is 30.7. The quantitative estimate of drug-likeness (QED) is 0.475. The lowest BCUT2D eigenvalue weighted by Crippen LogP contribution is -3.05. The van der Waals surface area contributed by atoms with Crippen LogP contribution in [0.3, 0.4) is 0 Å².